The molecular weight excluding hydrogens is 274 g/mol. The third-order valence-electron chi connectivity index (χ3n) is 2.79. The molecule has 0 saturated heterocycles. The van der Waals surface area contributed by atoms with Crippen molar-refractivity contribution >= 4 is 17.3 Å². The van der Waals surface area contributed by atoms with Gasteiger partial charge in [-0.1, -0.05) is 41.9 Å². The van der Waals surface area contributed by atoms with Crippen molar-refractivity contribution in [3.8, 4) is 11.5 Å². The van der Waals surface area contributed by atoms with Gasteiger partial charge in [0.05, 0.1) is 17.1 Å². The van der Waals surface area contributed by atoms with Gasteiger partial charge in [-0.25, -0.2) is 0 Å². The first kappa shape index (κ1) is 12.7. The lowest BCUT2D eigenvalue weighted by molar-refractivity contribution is 0.515. The number of hydrogen-bond acceptors (Lipinski definition) is 4. The smallest absolute Gasteiger partial charge is 0.249 e. The van der Waals surface area contributed by atoms with E-state index in [0.717, 1.165) is 11.3 Å². The van der Waals surface area contributed by atoms with E-state index in [-0.39, 0.29) is 0 Å². The van der Waals surface area contributed by atoms with Gasteiger partial charge in [0.25, 0.3) is 0 Å². The summed E-state index contributed by atoms with van der Waals surface area (Å²) >= 11 is 6.10. The Balaban J connectivity index is 1.73. The van der Waals surface area contributed by atoms with Crippen molar-refractivity contribution in [3.63, 3.8) is 0 Å². The molecule has 1 aromatic heterocycles. The molecule has 0 aliphatic rings. The second kappa shape index (κ2) is 5.75. The van der Waals surface area contributed by atoms with Crippen molar-refractivity contribution in [2.75, 3.05) is 5.32 Å². The number of nitrogens with one attached hydrogen (secondary N) is 1. The summed E-state index contributed by atoms with van der Waals surface area (Å²) in [4.78, 5) is 0. The van der Waals surface area contributed by atoms with Gasteiger partial charge in [-0.05, 0) is 24.3 Å². The summed E-state index contributed by atoms with van der Waals surface area (Å²) < 4.78 is 5.60. The molecule has 0 radical (unpaired) electrons. The number of benzene rings is 2. The van der Waals surface area contributed by atoms with Crippen LogP contribution in [0.4, 0.5) is 5.69 Å². The summed E-state index contributed by atoms with van der Waals surface area (Å²) in [6.07, 6.45) is 0. The highest BCUT2D eigenvalue weighted by molar-refractivity contribution is 6.33. The third-order valence-corrected chi connectivity index (χ3v) is 3.12. The molecule has 0 bridgehead atoms. The molecule has 5 heteroatoms. The Morgan fingerprint density at radius 3 is 2.50 bits per heavy atom. The Kier molecular flexibility index (Phi) is 3.65. The molecule has 0 unspecified atom stereocenters. The lowest BCUT2D eigenvalue weighted by Crippen LogP contribution is -1.99. The molecule has 4 nitrogen and oxygen atoms in total. The van der Waals surface area contributed by atoms with Gasteiger partial charge in [0.15, 0.2) is 0 Å². The average molecular weight is 286 g/mol. The molecule has 0 amide bonds. The highest BCUT2D eigenvalue weighted by atomic mass is 35.5. The Morgan fingerprint density at radius 1 is 0.950 bits per heavy atom. The molecule has 1 N–H and O–H groups in total. The predicted octanol–water partition coefficient (Wildman–Crippen LogP) is 4.00. The maximum absolute atomic E-state index is 6.10. The van der Waals surface area contributed by atoms with E-state index in [9.17, 15) is 0 Å². The summed E-state index contributed by atoms with van der Waals surface area (Å²) in [5, 5.41) is 11.8. The Hall–Kier alpha value is -2.33. The van der Waals surface area contributed by atoms with Crippen LogP contribution < -0.4 is 5.32 Å². The van der Waals surface area contributed by atoms with Crippen molar-refractivity contribution in [2.24, 2.45) is 0 Å². The Labute approximate surface area is 121 Å². The highest BCUT2D eigenvalue weighted by Gasteiger charge is 2.11. The van der Waals surface area contributed by atoms with E-state index in [2.05, 4.69) is 15.5 Å². The molecule has 3 aromatic rings. The van der Waals surface area contributed by atoms with Crippen LogP contribution in [0.25, 0.3) is 11.5 Å². The molecule has 0 spiro atoms. The molecule has 0 aliphatic carbocycles. The van der Waals surface area contributed by atoms with Crippen molar-refractivity contribution < 1.29 is 4.42 Å². The molecule has 2 aromatic carbocycles. The zero-order valence-corrected chi connectivity index (χ0v) is 11.3. The fourth-order valence-corrected chi connectivity index (χ4v) is 2.02. The summed E-state index contributed by atoms with van der Waals surface area (Å²) in [6, 6.07) is 17.2. The summed E-state index contributed by atoms with van der Waals surface area (Å²) in [5.41, 5.74) is 1.75. The van der Waals surface area contributed by atoms with Crippen LogP contribution in [0.3, 0.4) is 0 Å². The quantitative estimate of drug-likeness (QED) is 0.787. The largest absolute Gasteiger partial charge is 0.419 e. The first-order valence-corrected chi connectivity index (χ1v) is 6.57. The summed E-state index contributed by atoms with van der Waals surface area (Å²) in [6.45, 7) is 0.474. The fourth-order valence-electron chi connectivity index (χ4n) is 1.80. The van der Waals surface area contributed by atoms with Crippen LogP contribution in [-0.4, -0.2) is 10.2 Å². The molecular formula is C15H12ClN3O. The van der Waals surface area contributed by atoms with E-state index in [1.165, 1.54) is 0 Å². The van der Waals surface area contributed by atoms with Crippen LogP contribution in [0.2, 0.25) is 5.02 Å². The minimum atomic E-state index is 0.431. The highest BCUT2D eigenvalue weighted by Crippen LogP contribution is 2.26. The Morgan fingerprint density at radius 2 is 1.70 bits per heavy atom. The van der Waals surface area contributed by atoms with Gasteiger partial charge in [0, 0.05) is 5.69 Å². The molecule has 0 saturated carbocycles. The van der Waals surface area contributed by atoms with Crippen molar-refractivity contribution in [1.29, 1.82) is 0 Å². The number of halogens is 1. The van der Waals surface area contributed by atoms with Crippen molar-refractivity contribution in [3.05, 3.63) is 65.5 Å². The topological polar surface area (TPSA) is 51.0 Å². The van der Waals surface area contributed by atoms with Crippen LogP contribution in [-0.2, 0) is 6.54 Å². The van der Waals surface area contributed by atoms with Crippen molar-refractivity contribution in [1.82, 2.24) is 10.2 Å². The lowest BCUT2D eigenvalue weighted by atomic mass is 10.2. The number of anilines is 1. The molecule has 0 fully saturated rings. The first-order valence-electron chi connectivity index (χ1n) is 6.19. The summed E-state index contributed by atoms with van der Waals surface area (Å²) in [5.74, 6) is 0.948. The van der Waals surface area contributed by atoms with E-state index in [4.69, 9.17) is 16.0 Å². The Bertz CT molecular complexity index is 697. The van der Waals surface area contributed by atoms with Gasteiger partial charge < -0.3 is 9.73 Å². The fraction of sp³-hybridized carbons (Fsp3) is 0.0667. The van der Waals surface area contributed by atoms with Gasteiger partial charge in [-0.3, -0.25) is 0 Å². The number of nitrogens with zero attached hydrogens (tertiary/aromatic N) is 2. The zero-order chi connectivity index (χ0) is 13.8. The predicted molar refractivity (Wildman–Crippen MR) is 78.5 cm³/mol. The normalized spacial score (nSPS) is 10.4. The molecule has 100 valence electrons. The molecule has 0 aliphatic heterocycles. The molecule has 20 heavy (non-hydrogen) atoms. The van der Waals surface area contributed by atoms with Crippen LogP contribution in [0.5, 0.6) is 0 Å². The van der Waals surface area contributed by atoms with Crippen molar-refractivity contribution in [2.45, 2.75) is 6.54 Å². The SMILES string of the molecule is Clc1ccccc1-c1nnc(CNc2ccccc2)o1. The standard InChI is InChI=1S/C15H12ClN3O/c16-13-9-5-4-8-12(13)15-19-18-14(20-15)10-17-11-6-2-1-3-7-11/h1-9,17H,10H2. The molecule has 0 atom stereocenters. The van der Waals surface area contributed by atoms with Gasteiger partial charge in [0.2, 0.25) is 11.8 Å². The minimum absolute atomic E-state index is 0.431. The molecule has 1 heterocycles. The van der Waals surface area contributed by atoms with Crippen LogP contribution in [0.1, 0.15) is 5.89 Å². The second-order valence-electron chi connectivity index (χ2n) is 4.20. The van der Waals surface area contributed by atoms with E-state index in [0.29, 0.717) is 23.3 Å². The maximum Gasteiger partial charge on any atom is 0.249 e. The van der Waals surface area contributed by atoms with Crippen LogP contribution in [0, 0.1) is 0 Å². The monoisotopic (exact) mass is 285 g/mol. The number of para-hydroxylation sites is 1. The minimum Gasteiger partial charge on any atom is -0.419 e. The van der Waals surface area contributed by atoms with Crippen LogP contribution in [0.15, 0.2) is 59.0 Å². The molecule has 3 rings (SSSR count). The van der Waals surface area contributed by atoms with E-state index < -0.39 is 0 Å². The number of rotatable bonds is 4. The van der Waals surface area contributed by atoms with Gasteiger partial charge >= 0.3 is 0 Å². The zero-order valence-electron chi connectivity index (χ0n) is 10.6. The third kappa shape index (κ3) is 2.81. The maximum atomic E-state index is 6.10. The lowest BCUT2D eigenvalue weighted by Gasteiger charge is -2.02. The van der Waals surface area contributed by atoms with Crippen LogP contribution >= 0.6 is 11.6 Å². The number of aromatic nitrogens is 2. The summed E-state index contributed by atoms with van der Waals surface area (Å²) in [7, 11) is 0. The van der Waals surface area contributed by atoms with E-state index in [1.54, 1.807) is 6.07 Å². The van der Waals surface area contributed by atoms with Gasteiger partial charge in [0.1, 0.15) is 0 Å². The first-order chi connectivity index (χ1) is 9.83. The average Bonchev–Trinajstić information content (AvgIpc) is 2.95. The van der Waals surface area contributed by atoms with Gasteiger partial charge in [-0.2, -0.15) is 0 Å². The second-order valence-corrected chi connectivity index (χ2v) is 4.61. The van der Waals surface area contributed by atoms with Gasteiger partial charge in [-0.15, -0.1) is 10.2 Å². The van der Waals surface area contributed by atoms with E-state index >= 15 is 0 Å². The number of hydrogen-bond donors (Lipinski definition) is 1. The van der Waals surface area contributed by atoms with E-state index in [1.807, 2.05) is 48.5 Å².